The SMILES string of the molecule is CCCOCc1ccccc1CNC(=O)[C@@H]1CC[C@H](C(=O)O)O1. The minimum absolute atomic E-state index is 0.266. The van der Waals surface area contributed by atoms with Crippen molar-refractivity contribution < 1.29 is 24.2 Å². The van der Waals surface area contributed by atoms with Crippen molar-refractivity contribution in [1.82, 2.24) is 5.32 Å². The van der Waals surface area contributed by atoms with Crippen molar-refractivity contribution in [1.29, 1.82) is 0 Å². The summed E-state index contributed by atoms with van der Waals surface area (Å²) in [6.45, 7) is 3.65. The Morgan fingerprint density at radius 3 is 2.61 bits per heavy atom. The standard InChI is InChI=1S/C17H23NO5/c1-2-9-22-11-13-6-4-3-5-12(13)10-18-16(19)14-7-8-15(23-14)17(20)21/h3-6,14-15H,2,7-11H2,1H3,(H,18,19)(H,20,21)/t14-,15+/m0/s1. The molecule has 0 aliphatic carbocycles. The number of amides is 1. The summed E-state index contributed by atoms with van der Waals surface area (Å²) in [6, 6.07) is 7.77. The first kappa shape index (κ1) is 17.4. The molecule has 0 spiro atoms. The summed E-state index contributed by atoms with van der Waals surface area (Å²) in [5, 5.41) is 11.7. The average molecular weight is 321 g/mol. The van der Waals surface area contributed by atoms with Crippen LogP contribution < -0.4 is 5.32 Å². The van der Waals surface area contributed by atoms with Gasteiger partial charge in [0.25, 0.3) is 0 Å². The van der Waals surface area contributed by atoms with Gasteiger partial charge in [-0.25, -0.2) is 4.79 Å². The van der Waals surface area contributed by atoms with Crippen LogP contribution in [0.2, 0.25) is 0 Å². The van der Waals surface area contributed by atoms with Gasteiger partial charge in [0.15, 0.2) is 6.10 Å². The highest BCUT2D eigenvalue weighted by Crippen LogP contribution is 2.20. The number of nitrogens with one attached hydrogen (secondary N) is 1. The van der Waals surface area contributed by atoms with E-state index in [0.29, 0.717) is 32.6 Å². The molecule has 0 bridgehead atoms. The van der Waals surface area contributed by atoms with Gasteiger partial charge in [-0.3, -0.25) is 4.79 Å². The molecule has 6 nitrogen and oxygen atoms in total. The molecule has 1 aliphatic heterocycles. The molecule has 126 valence electrons. The van der Waals surface area contributed by atoms with Gasteiger partial charge in [-0.05, 0) is 30.4 Å². The maximum atomic E-state index is 12.1. The van der Waals surface area contributed by atoms with Crippen molar-refractivity contribution >= 4 is 11.9 Å². The van der Waals surface area contributed by atoms with Gasteiger partial charge in [0, 0.05) is 13.2 Å². The van der Waals surface area contributed by atoms with E-state index in [2.05, 4.69) is 12.2 Å². The molecule has 2 N–H and O–H groups in total. The number of benzene rings is 1. The lowest BCUT2D eigenvalue weighted by Gasteiger charge is -2.14. The minimum atomic E-state index is -1.02. The smallest absolute Gasteiger partial charge is 0.332 e. The molecule has 1 saturated heterocycles. The van der Waals surface area contributed by atoms with Crippen molar-refractivity contribution in [2.75, 3.05) is 6.61 Å². The number of hydrogen-bond donors (Lipinski definition) is 2. The van der Waals surface area contributed by atoms with Gasteiger partial charge in [0.05, 0.1) is 6.61 Å². The summed E-state index contributed by atoms with van der Waals surface area (Å²) in [4.78, 5) is 22.9. The van der Waals surface area contributed by atoms with Gasteiger partial charge in [0.1, 0.15) is 6.10 Å². The Morgan fingerprint density at radius 1 is 1.26 bits per heavy atom. The molecule has 0 saturated carbocycles. The predicted molar refractivity (Wildman–Crippen MR) is 83.8 cm³/mol. The van der Waals surface area contributed by atoms with Crippen molar-refractivity contribution in [3.63, 3.8) is 0 Å². The second-order valence-corrected chi connectivity index (χ2v) is 5.57. The molecule has 1 aromatic rings. The molecule has 1 heterocycles. The van der Waals surface area contributed by atoms with E-state index < -0.39 is 18.2 Å². The van der Waals surface area contributed by atoms with Crippen LogP contribution >= 0.6 is 0 Å². The summed E-state index contributed by atoms with van der Waals surface area (Å²) in [6.07, 6.45) is 0.210. The van der Waals surface area contributed by atoms with Gasteiger partial charge in [0.2, 0.25) is 5.91 Å². The molecule has 0 aromatic heterocycles. The summed E-state index contributed by atoms with van der Waals surface area (Å²) < 4.78 is 10.8. The first-order valence-corrected chi connectivity index (χ1v) is 7.92. The topological polar surface area (TPSA) is 84.9 Å². The first-order chi connectivity index (χ1) is 11.1. The zero-order chi connectivity index (χ0) is 16.7. The molecule has 1 aliphatic rings. The van der Waals surface area contributed by atoms with Gasteiger partial charge in [-0.15, -0.1) is 0 Å². The Labute approximate surface area is 135 Å². The third-order valence-corrected chi connectivity index (χ3v) is 3.76. The molecule has 2 atom stereocenters. The summed E-state index contributed by atoms with van der Waals surface area (Å²) in [7, 11) is 0. The number of carbonyl (C=O) groups is 2. The lowest BCUT2D eigenvalue weighted by atomic mass is 10.1. The van der Waals surface area contributed by atoms with Crippen molar-refractivity contribution in [2.45, 2.75) is 51.5 Å². The van der Waals surface area contributed by atoms with Crippen LogP contribution in [-0.2, 0) is 32.2 Å². The molecule has 0 unspecified atom stereocenters. The van der Waals surface area contributed by atoms with Crippen LogP contribution in [0, 0.1) is 0 Å². The fraction of sp³-hybridized carbons (Fsp3) is 0.529. The molecule has 1 fully saturated rings. The highest BCUT2D eigenvalue weighted by atomic mass is 16.5. The lowest BCUT2D eigenvalue weighted by Crippen LogP contribution is -2.35. The third-order valence-electron chi connectivity index (χ3n) is 3.76. The number of ether oxygens (including phenoxy) is 2. The lowest BCUT2D eigenvalue weighted by molar-refractivity contribution is -0.151. The summed E-state index contributed by atoms with van der Waals surface area (Å²) >= 11 is 0. The van der Waals surface area contributed by atoms with Crippen LogP contribution in [0.5, 0.6) is 0 Å². The normalized spacial score (nSPS) is 20.4. The first-order valence-electron chi connectivity index (χ1n) is 7.92. The molecule has 23 heavy (non-hydrogen) atoms. The zero-order valence-electron chi connectivity index (χ0n) is 13.3. The van der Waals surface area contributed by atoms with E-state index in [1.54, 1.807) is 0 Å². The highest BCUT2D eigenvalue weighted by Gasteiger charge is 2.34. The van der Waals surface area contributed by atoms with Gasteiger partial charge in [-0.2, -0.15) is 0 Å². The summed E-state index contributed by atoms with van der Waals surface area (Å²) in [5.41, 5.74) is 2.03. The van der Waals surface area contributed by atoms with Crippen LogP contribution in [0.25, 0.3) is 0 Å². The van der Waals surface area contributed by atoms with E-state index in [1.165, 1.54) is 0 Å². The van der Waals surface area contributed by atoms with Crippen molar-refractivity contribution in [3.05, 3.63) is 35.4 Å². The van der Waals surface area contributed by atoms with Gasteiger partial charge >= 0.3 is 5.97 Å². The van der Waals surface area contributed by atoms with Crippen LogP contribution in [0.4, 0.5) is 0 Å². The van der Waals surface area contributed by atoms with Crippen molar-refractivity contribution in [2.24, 2.45) is 0 Å². The number of aliphatic carboxylic acids is 1. The fourth-order valence-electron chi connectivity index (χ4n) is 2.51. The maximum absolute atomic E-state index is 12.1. The second kappa shape index (κ2) is 8.64. The Balaban J connectivity index is 1.86. The van der Waals surface area contributed by atoms with E-state index in [9.17, 15) is 9.59 Å². The average Bonchev–Trinajstić information content (AvgIpc) is 3.04. The highest BCUT2D eigenvalue weighted by molar-refractivity contribution is 5.82. The molecular formula is C17H23NO5. The second-order valence-electron chi connectivity index (χ2n) is 5.57. The third kappa shape index (κ3) is 5.04. The Hall–Kier alpha value is -1.92. The summed E-state index contributed by atoms with van der Waals surface area (Å²) in [5.74, 6) is -1.28. The largest absolute Gasteiger partial charge is 0.479 e. The molecule has 0 radical (unpaired) electrons. The zero-order valence-corrected chi connectivity index (χ0v) is 13.3. The maximum Gasteiger partial charge on any atom is 0.332 e. The van der Waals surface area contributed by atoms with E-state index in [0.717, 1.165) is 17.5 Å². The van der Waals surface area contributed by atoms with E-state index >= 15 is 0 Å². The predicted octanol–water partition coefficient (Wildman–Crippen LogP) is 1.86. The Kier molecular flexibility index (Phi) is 6.55. The van der Waals surface area contributed by atoms with Crippen LogP contribution in [0.3, 0.4) is 0 Å². The molecule has 2 rings (SSSR count). The number of carbonyl (C=O) groups excluding carboxylic acids is 1. The molecule has 1 amide bonds. The fourth-order valence-corrected chi connectivity index (χ4v) is 2.51. The monoisotopic (exact) mass is 321 g/mol. The van der Waals surface area contributed by atoms with Crippen LogP contribution in [-0.4, -0.2) is 35.8 Å². The molecule has 1 aromatic carbocycles. The number of rotatable bonds is 8. The number of carboxylic acid groups (broad SMARTS) is 1. The van der Waals surface area contributed by atoms with Crippen LogP contribution in [0.15, 0.2) is 24.3 Å². The van der Waals surface area contributed by atoms with Crippen molar-refractivity contribution in [3.8, 4) is 0 Å². The Morgan fingerprint density at radius 2 is 1.96 bits per heavy atom. The van der Waals surface area contributed by atoms with Gasteiger partial charge in [-0.1, -0.05) is 31.2 Å². The van der Waals surface area contributed by atoms with E-state index in [4.69, 9.17) is 14.6 Å². The van der Waals surface area contributed by atoms with Gasteiger partial charge < -0.3 is 19.9 Å². The Bertz CT molecular complexity index is 546. The number of carboxylic acids is 1. The van der Waals surface area contributed by atoms with Crippen LogP contribution in [0.1, 0.15) is 37.3 Å². The number of hydrogen-bond acceptors (Lipinski definition) is 4. The molecule has 6 heteroatoms. The van der Waals surface area contributed by atoms with E-state index in [-0.39, 0.29) is 5.91 Å². The molecular weight excluding hydrogens is 298 g/mol. The quantitative estimate of drug-likeness (QED) is 0.714. The van der Waals surface area contributed by atoms with E-state index in [1.807, 2.05) is 24.3 Å². The minimum Gasteiger partial charge on any atom is -0.479 e.